The minimum absolute atomic E-state index is 0.0146. The highest BCUT2D eigenvalue weighted by Gasteiger charge is 2.31. The molecule has 2 aliphatic rings. The van der Waals surface area contributed by atoms with Gasteiger partial charge in [0.25, 0.3) is 0 Å². The van der Waals surface area contributed by atoms with Crippen molar-refractivity contribution in [2.45, 2.75) is 18.5 Å². The highest BCUT2D eigenvalue weighted by Crippen LogP contribution is 2.35. The lowest BCUT2D eigenvalue weighted by molar-refractivity contribution is 0.0967. The van der Waals surface area contributed by atoms with E-state index >= 15 is 0 Å². The predicted octanol–water partition coefficient (Wildman–Crippen LogP) is 0.867. The van der Waals surface area contributed by atoms with Gasteiger partial charge in [0.15, 0.2) is 0 Å². The lowest BCUT2D eigenvalue weighted by Gasteiger charge is -2.41. The number of rotatable bonds is 2. The molecule has 1 fully saturated rings. The summed E-state index contributed by atoms with van der Waals surface area (Å²) in [7, 11) is 4.33. The van der Waals surface area contributed by atoms with Crippen molar-refractivity contribution in [1.29, 1.82) is 0 Å². The van der Waals surface area contributed by atoms with Crippen LogP contribution in [0, 0.1) is 0 Å². The molecule has 4 heteroatoms. The molecular weight excluding hydrogens is 238 g/mol. The zero-order valence-corrected chi connectivity index (χ0v) is 11.8. The molecule has 2 atom stereocenters. The van der Waals surface area contributed by atoms with Crippen LogP contribution in [0.4, 0.5) is 0 Å². The molecule has 0 aromatic heterocycles. The average molecular weight is 261 g/mol. The zero-order valence-electron chi connectivity index (χ0n) is 11.8. The van der Waals surface area contributed by atoms with Gasteiger partial charge in [0, 0.05) is 37.7 Å². The van der Waals surface area contributed by atoms with E-state index in [1.54, 1.807) is 0 Å². The summed E-state index contributed by atoms with van der Waals surface area (Å²) in [6.07, 6.45) is 1.01. The summed E-state index contributed by atoms with van der Waals surface area (Å²) in [5.41, 5.74) is 9.02. The maximum absolute atomic E-state index is 6.55. The maximum Gasteiger partial charge on any atom is 0.127 e. The summed E-state index contributed by atoms with van der Waals surface area (Å²) in [4.78, 5) is 4.73. The van der Waals surface area contributed by atoms with E-state index in [9.17, 15) is 0 Å². The lowest BCUT2D eigenvalue weighted by Crippen LogP contribution is -2.54. The van der Waals surface area contributed by atoms with Crippen LogP contribution < -0.4 is 10.5 Å². The first kappa shape index (κ1) is 12.9. The first-order valence-electron chi connectivity index (χ1n) is 7.06. The maximum atomic E-state index is 6.55. The van der Waals surface area contributed by atoms with Crippen molar-refractivity contribution in [2.75, 3.05) is 40.3 Å². The number of fused-ring (bicyclic) bond motifs is 1. The second-order valence-electron chi connectivity index (χ2n) is 5.77. The van der Waals surface area contributed by atoms with Crippen molar-refractivity contribution in [3.63, 3.8) is 0 Å². The first-order valence-corrected chi connectivity index (χ1v) is 7.06. The van der Waals surface area contributed by atoms with Gasteiger partial charge in [0.05, 0.1) is 12.6 Å². The number of ether oxygens (including phenoxy) is 1. The molecule has 104 valence electrons. The van der Waals surface area contributed by atoms with Gasteiger partial charge in [0.2, 0.25) is 0 Å². The van der Waals surface area contributed by atoms with E-state index < -0.39 is 0 Å². The molecule has 3 rings (SSSR count). The van der Waals surface area contributed by atoms with Crippen molar-refractivity contribution in [1.82, 2.24) is 9.80 Å². The third-order valence-electron chi connectivity index (χ3n) is 4.42. The molecule has 0 amide bonds. The Bertz CT molecular complexity index is 463. The van der Waals surface area contributed by atoms with E-state index in [1.807, 2.05) is 0 Å². The number of piperazine rings is 1. The van der Waals surface area contributed by atoms with Crippen LogP contribution in [0.25, 0.3) is 0 Å². The lowest BCUT2D eigenvalue weighted by atomic mass is 9.94. The standard InChI is InChI=1S/C15H23N3O/c1-17-7-8-18(2)13(10-17)14(16)12-5-3-4-11-6-9-19-15(11)12/h3-5,13-14H,6-10,16H2,1-2H3. The molecule has 19 heavy (non-hydrogen) atoms. The molecule has 2 aliphatic heterocycles. The smallest absolute Gasteiger partial charge is 0.127 e. The van der Waals surface area contributed by atoms with Gasteiger partial charge < -0.3 is 15.4 Å². The molecule has 1 saturated heterocycles. The van der Waals surface area contributed by atoms with Crippen molar-refractivity contribution in [3.8, 4) is 5.75 Å². The van der Waals surface area contributed by atoms with Crippen LogP contribution in [-0.2, 0) is 6.42 Å². The van der Waals surface area contributed by atoms with Crippen LogP contribution in [0.5, 0.6) is 5.75 Å². The molecule has 4 nitrogen and oxygen atoms in total. The van der Waals surface area contributed by atoms with Gasteiger partial charge in [-0.05, 0) is 19.7 Å². The average Bonchev–Trinajstić information content (AvgIpc) is 2.89. The number of nitrogens with two attached hydrogens (primary N) is 1. The van der Waals surface area contributed by atoms with Gasteiger partial charge in [-0.25, -0.2) is 0 Å². The van der Waals surface area contributed by atoms with Crippen molar-refractivity contribution in [3.05, 3.63) is 29.3 Å². The Kier molecular flexibility index (Phi) is 3.48. The monoisotopic (exact) mass is 261 g/mol. The van der Waals surface area contributed by atoms with Crippen LogP contribution in [0.1, 0.15) is 17.2 Å². The molecule has 1 aromatic carbocycles. The minimum Gasteiger partial charge on any atom is -0.493 e. The van der Waals surface area contributed by atoms with Gasteiger partial charge >= 0.3 is 0 Å². The molecule has 0 aliphatic carbocycles. The van der Waals surface area contributed by atoms with Gasteiger partial charge in [-0.2, -0.15) is 0 Å². The quantitative estimate of drug-likeness (QED) is 0.857. The van der Waals surface area contributed by atoms with Crippen molar-refractivity contribution in [2.24, 2.45) is 5.73 Å². The van der Waals surface area contributed by atoms with Gasteiger partial charge in [0.1, 0.15) is 5.75 Å². The Balaban J connectivity index is 1.87. The van der Waals surface area contributed by atoms with Crippen molar-refractivity contribution >= 4 is 0 Å². The molecule has 0 bridgehead atoms. The largest absolute Gasteiger partial charge is 0.493 e. The minimum atomic E-state index is 0.0146. The van der Waals surface area contributed by atoms with E-state index in [4.69, 9.17) is 10.5 Å². The fraction of sp³-hybridized carbons (Fsp3) is 0.600. The molecule has 2 heterocycles. The molecule has 2 N–H and O–H groups in total. The Morgan fingerprint density at radius 2 is 2.16 bits per heavy atom. The number of para-hydroxylation sites is 1. The van der Waals surface area contributed by atoms with E-state index in [-0.39, 0.29) is 6.04 Å². The summed E-state index contributed by atoms with van der Waals surface area (Å²) in [5.74, 6) is 1.04. The third-order valence-corrected chi connectivity index (χ3v) is 4.42. The van der Waals surface area contributed by atoms with E-state index in [0.717, 1.165) is 38.4 Å². The van der Waals surface area contributed by atoms with Gasteiger partial charge in [-0.3, -0.25) is 4.90 Å². The van der Waals surface area contributed by atoms with Crippen LogP contribution >= 0.6 is 0 Å². The Morgan fingerprint density at radius 1 is 1.32 bits per heavy atom. The number of likely N-dealkylation sites (N-methyl/N-ethyl adjacent to an activating group) is 2. The number of hydrogen-bond donors (Lipinski definition) is 1. The Hall–Kier alpha value is -1.10. The summed E-state index contributed by atoms with van der Waals surface area (Å²) in [6.45, 7) is 3.99. The highest BCUT2D eigenvalue weighted by atomic mass is 16.5. The van der Waals surface area contributed by atoms with Gasteiger partial charge in [-0.1, -0.05) is 18.2 Å². The normalized spacial score (nSPS) is 25.9. The Labute approximate surface area is 115 Å². The van der Waals surface area contributed by atoms with Crippen LogP contribution in [0.2, 0.25) is 0 Å². The molecule has 0 spiro atoms. The summed E-state index contributed by atoms with van der Waals surface area (Å²) in [5, 5.41) is 0. The van der Waals surface area contributed by atoms with E-state index in [2.05, 4.69) is 42.1 Å². The molecule has 1 aromatic rings. The topological polar surface area (TPSA) is 41.7 Å². The van der Waals surface area contributed by atoms with Crippen molar-refractivity contribution < 1.29 is 4.74 Å². The SMILES string of the molecule is CN1CCN(C)C(C(N)c2cccc3c2OCC3)C1. The van der Waals surface area contributed by atoms with Gasteiger partial charge in [-0.15, -0.1) is 0 Å². The highest BCUT2D eigenvalue weighted by molar-refractivity contribution is 5.46. The fourth-order valence-electron chi connectivity index (χ4n) is 3.14. The van der Waals surface area contributed by atoms with Crippen LogP contribution in [0.3, 0.4) is 0 Å². The second kappa shape index (κ2) is 5.12. The third kappa shape index (κ3) is 2.36. The van der Waals surface area contributed by atoms with Crippen LogP contribution in [0.15, 0.2) is 18.2 Å². The first-order chi connectivity index (χ1) is 9.16. The Morgan fingerprint density at radius 3 is 3.00 bits per heavy atom. The van der Waals surface area contributed by atoms with E-state index in [1.165, 1.54) is 11.1 Å². The fourth-order valence-corrected chi connectivity index (χ4v) is 3.14. The summed E-state index contributed by atoms with van der Waals surface area (Å²) < 4.78 is 5.79. The zero-order chi connectivity index (χ0) is 13.4. The number of hydrogen-bond acceptors (Lipinski definition) is 4. The summed E-state index contributed by atoms with van der Waals surface area (Å²) in [6, 6.07) is 6.75. The van der Waals surface area contributed by atoms with E-state index in [0.29, 0.717) is 6.04 Å². The summed E-state index contributed by atoms with van der Waals surface area (Å²) >= 11 is 0. The second-order valence-corrected chi connectivity index (χ2v) is 5.77. The molecule has 2 unspecified atom stereocenters. The number of benzene rings is 1. The number of nitrogens with zero attached hydrogens (tertiary/aromatic N) is 2. The molecule has 0 saturated carbocycles. The predicted molar refractivity (Wildman–Crippen MR) is 76.5 cm³/mol. The van der Waals surface area contributed by atoms with Crippen LogP contribution in [-0.4, -0.2) is 56.2 Å². The molecule has 0 radical (unpaired) electrons. The molecular formula is C15H23N3O.